The van der Waals surface area contributed by atoms with Gasteiger partial charge in [-0.05, 0) is 49.9 Å². The second-order valence-electron chi connectivity index (χ2n) is 7.41. The molecule has 2 aromatic rings. The van der Waals surface area contributed by atoms with Crippen molar-refractivity contribution in [3.05, 3.63) is 52.7 Å². The number of aryl methyl sites for hydroxylation is 1. The lowest BCUT2D eigenvalue weighted by molar-refractivity contribution is 0.396. The molecular weight excluding hydrogens is 362 g/mol. The number of rotatable bonds is 3. The van der Waals surface area contributed by atoms with Gasteiger partial charge in [-0.1, -0.05) is 12.8 Å². The first-order valence-corrected chi connectivity index (χ1v) is 9.40. The van der Waals surface area contributed by atoms with Gasteiger partial charge in [0.2, 0.25) is 0 Å². The fraction of sp³-hybridized carbons (Fsp3) is 0.381. The third kappa shape index (κ3) is 3.19. The van der Waals surface area contributed by atoms with Crippen LogP contribution in [0, 0.1) is 35.8 Å². The average molecular weight is 382 g/mol. The van der Waals surface area contributed by atoms with Crippen molar-refractivity contribution in [3.8, 4) is 11.8 Å². The molecule has 1 aliphatic heterocycles. The monoisotopic (exact) mass is 382 g/mol. The van der Waals surface area contributed by atoms with Gasteiger partial charge < -0.3 is 5.11 Å². The molecule has 0 spiro atoms. The van der Waals surface area contributed by atoms with Gasteiger partial charge in [-0.3, -0.25) is 0 Å². The summed E-state index contributed by atoms with van der Waals surface area (Å²) in [6.07, 6.45) is 5.03. The molecule has 144 valence electrons. The van der Waals surface area contributed by atoms with Gasteiger partial charge >= 0.3 is 0 Å². The van der Waals surface area contributed by atoms with Crippen molar-refractivity contribution < 1.29 is 13.9 Å². The molecule has 4 rings (SSSR count). The van der Waals surface area contributed by atoms with Gasteiger partial charge in [0.15, 0.2) is 17.4 Å². The number of nitriles is 1. The first kappa shape index (κ1) is 18.4. The second-order valence-corrected chi connectivity index (χ2v) is 7.41. The largest absolute Gasteiger partial charge is 0.503 e. The van der Waals surface area contributed by atoms with Crippen LogP contribution in [0.1, 0.15) is 48.9 Å². The van der Waals surface area contributed by atoms with Crippen molar-refractivity contribution in [2.45, 2.75) is 45.1 Å². The maximum Gasteiger partial charge on any atom is 0.187 e. The summed E-state index contributed by atoms with van der Waals surface area (Å²) in [4.78, 5) is 4.53. The van der Waals surface area contributed by atoms with Crippen molar-refractivity contribution in [1.82, 2.24) is 4.98 Å². The van der Waals surface area contributed by atoms with Crippen LogP contribution in [0.5, 0.6) is 5.75 Å². The molecule has 0 amide bonds. The van der Waals surface area contributed by atoms with Crippen molar-refractivity contribution in [1.29, 1.82) is 5.26 Å². The zero-order chi connectivity index (χ0) is 19.8. The van der Waals surface area contributed by atoms with Crippen molar-refractivity contribution >= 4 is 11.5 Å². The van der Waals surface area contributed by atoms with Crippen LogP contribution in [0.3, 0.4) is 0 Å². The minimum atomic E-state index is -0.999. The third-order valence-corrected chi connectivity index (χ3v) is 5.67. The van der Waals surface area contributed by atoms with E-state index in [1.54, 1.807) is 19.1 Å². The van der Waals surface area contributed by atoms with E-state index in [1.165, 1.54) is 0 Å². The molecule has 2 aliphatic rings. The molecule has 1 aliphatic carbocycles. The van der Waals surface area contributed by atoms with E-state index < -0.39 is 17.4 Å². The highest BCUT2D eigenvalue weighted by atomic mass is 19.1. The van der Waals surface area contributed by atoms with Gasteiger partial charge in [0, 0.05) is 12.0 Å². The number of aromatic nitrogens is 1. The highest BCUT2D eigenvalue weighted by Gasteiger charge is 2.37. The lowest BCUT2D eigenvalue weighted by atomic mass is 9.92. The summed E-state index contributed by atoms with van der Waals surface area (Å²) >= 11 is 0. The maximum atomic E-state index is 13.8. The summed E-state index contributed by atoms with van der Waals surface area (Å²) in [7, 11) is 0. The number of phenolic OH excluding ortho intramolecular Hbond substituents is 1. The zero-order valence-corrected chi connectivity index (χ0v) is 15.5. The molecule has 1 saturated carbocycles. The summed E-state index contributed by atoms with van der Waals surface area (Å²) in [6.45, 7) is 1.78. The number of phenols is 1. The van der Waals surface area contributed by atoms with Crippen LogP contribution in [0.15, 0.2) is 29.4 Å². The molecule has 1 aromatic heterocycles. The topological polar surface area (TPSA) is 72.5 Å². The summed E-state index contributed by atoms with van der Waals surface area (Å²) in [6, 6.07) is 7.87. The number of nitrogens with zero attached hydrogens (tertiary/aromatic N) is 4. The van der Waals surface area contributed by atoms with E-state index in [1.807, 2.05) is 5.01 Å². The molecule has 0 saturated heterocycles. The third-order valence-electron chi connectivity index (χ3n) is 5.67. The predicted molar refractivity (Wildman–Crippen MR) is 101 cm³/mol. The number of halogens is 2. The first-order chi connectivity index (χ1) is 13.5. The van der Waals surface area contributed by atoms with Gasteiger partial charge in [-0.25, -0.2) is 18.8 Å². The number of pyridine rings is 1. The number of hydrazone groups is 1. The Kier molecular flexibility index (Phi) is 4.71. The molecule has 1 aromatic carbocycles. The normalized spacial score (nSPS) is 19.7. The molecule has 1 N–H and O–H groups in total. The molecule has 0 unspecified atom stereocenters. The van der Waals surface area contributed by atoms with Gasteiger partial charge in [0.1, 0.15) is 11.9 Å². The Morgan fingerprint density at radius 1 is 1.18 bits per heavy atom. The fourth-order valence-electron chi connectivity index (χ4n) is 4.16. The van der Waals surface area contributed by atoms with Crippen molar-refractivity contribution in [3.63, 3.8) is 0 Å². The van der Waals surface area contributed by atoms with E-state index in [2.05, 4.69) is 16.2 Å². The summed E-state index contributed by atoms with van der Waals surface area (Å²) in [5, 5.41) is 25.0. The van der Waals surface area contributed by atoms with Crippen LogP contribution in [-0.4, -0.2) is 21.8 Å². The Bertz CT molecular complexity index is 969. The van der Waals surface area contributed by atoms with E-state index in [9.17, 15) is 13.9 Å². The van der Waals surface area contributed by atoms with Gasteiger partial charge in [-0.15, -0.1) is 0 Å². The van der Waals surface area contributed by atoms with Crippen LogP contribution in [0.2, 0.25) is 0 Å². The smallest absolute Gasteiger partial charge is 0.187 e. The van der Waals surface area contributed by atoms with E-state index in [4.69, 9.17) is 5.26 Å². The maximum absolute atomic E-state index is 13.8. The Morgan fingerprint density at radius 2 is 1.86 bits per heavy atom. The Hall–Kier alpha value is -3.01. The molecule has 0 bridgehead atoms. The highest BCUT2D eigenvalue weighted by molar-refractivity contribution is 6.03. The average Bonchev–Trinajstić information content (AvgIpc) is 3.35. The standard InChI is InChI=1S/C21H20F2N4O/c1-12-14(11-24)6-7-20(25-12)27-19(13-4-2-3-5-13)10-18(26-27)15-8-16(22)21(28)17(23)9-15/h6-9,13,19,28H,2-5,10H2,1H3/t19-/m1/s1. The number of anilines is 1. The van der Waals surface area contributed by atoms with Crippen molar-refractivity contribution in [2.75, 3.05) is 5.01 Å². The molecule has 28 heavy (non-hydrogen) atoms. The highest BCUT2D eigenvalue weighted by Crippen LogP contribution is 2.38. The second kappa shape index (κ2) is 7.19. The molecule has 7 heteroatoms. The van der Waals surface area contributed by atoms with Crippen LogP contribution < -0.4 is 5.01 Å². The lowest BCUT2D eigenvalue weighted by Crippen LogP contribution is -2.33. The van der Waals surface area contributed by atoms with Gasteiger partial charge in [0.25, 0.3) is 0 Å². The Labute approximate surface area is 161 Å². The molecule has 1 atom stereocenters. The molecular formula is C21H20F2N4O. The van der Waals surface area contributed by atoms with E-state index in [0.29, 0.717) is 40.7 Å². The van der Waals surface area contributed by atoms with Crippen molar-refractivity contribution in [2.24, 2.45) is 11.0 Å². The number of hydrogen-bond acceptors (Lipinski definition) is 5. The van der Waals surface area contributed by atoms with Gasteiger partial charge in [-0.2, -0.15) is 10.4 Å². The van der Waals surface area contributed by atoms with Crippen LogP contribution >= 0.6 is 0 Å². The minimum absolute atomic E-state index is 0.0530. The predicted octanol–water partition coefficient (Wildman–Crippen LogP) is 4.42. The van der Waals surface area contributed by atoms with Crippen LogP contribution in [-0.2, 0) is 0 Å². The summed E-state index contributed by atoms with van der Waals surface area (Å²) in [5.74, 6) is -1.92. The number of aromatic hydroxyl groups is 1. The summed E-state index contributed by atoms with van der Waals surface area (Å²) < 4.78 is 27.7. The molecule has 5 nitrogen and oxygen atoms in total. The molecule has 0 radical (unpaired) electrons. The Morgan fingerprint density at radius 3 is 2.46 bits per heavy atom. The van der Waals surface area contributed by atoms with E-state index >= 15 is 0 Å². The Balaban J connectivity index is 1.74. The van der Waals surface area contributed by atoms with E-state index in [-0.39, 0.29) is 6.04 Å². The van der Waals surface area contributed by atoms with E-state index in [0.717, 1.165) is 37.8 Å². The first-order valence-electron chi connectivity index (χ1n) is 9.40. The fourth-order valence-corrected chi connectivity index (χ4v) is 4.16. The minimum Gasteiger partial charge on any atom is -0.503 e. The van der Waals surface area contributed by atoms with Crippen LogP contribution in [0.25, 0.3) is 0 Å². The molecule has 2 heterocycles. The number of benzene rings is 1. The molecule has 1 fully saturated rings. The quantitative estimate of drug-likeness (QED) is 0.853. The number of hydrogen-bond donors (Lipinski definition) is 1. The zero-order valence-electron chi connectivity index (χ0n) is 15.5. The lowest BCUT2D eigenvalue weighted by Gasteiger charge is -2.27. The van der Waals surface area contributed by atoms with Crippen LogP contribution in [0.4, 0.5) is 14.6 Å². The SMILES string of the molecule is Cc1nc(N2N=C(c3cc(F)c(O)c(F)c3)C[C@@H]2C2CCCC2)ccc1C#N. The van der Waals surface area contributed by atoms with Gasteiger partial charge in [0.05, 0.1) is 23.0 Å². The summed E-state index contributed by atoms with van der Waals surface area (Å²) in [5.41, 5.74) is 2.02.